The van der Waals surface area contributed by atoms with E-state index in [1.165, 1.54) is 0 Å². The number of fused-ring (bicyclic) bond motifs is 1. The van der Waals surface area contributed by atoms with Crippen LogP contribution in [-0.2, 0) is 0 Å². The topological polar surface area (TPSA) is 52.5 Å². The van der Waals surface area contributed by atoms with Gasteiger partial charge in [0.25, 0.3) is 0 Å². The second-order valence-electron chi connectivity index (χ2n) is 4.98. The molecule has 0 amide bonds. The molecule has 1 saturated heterocycles. The third kappa shape index (κ3) is 2.59. The Morgan fingerprint density at radius 3 is 2.30 bits per heavy atom. The standard InChI is InChI=1S/C13H16BClN4O/c1-14(20)19-8-6-18(7-9-19)13-12(15)16-10-4-2-3-5-11(10)17-13/h2-5,20H,6-9H2,1H3. The van der Waals surface area contributed by atoms with Gasteiger partial charge in [0.05, 0.1) is 11.0 Å². The smallest absolute Gasteiger partial charge is 0.376 e. The molecule has 1 N–H and O–H groups in total. The zero-order valence-electron chi connectivity index (χ0n) is 11.3. The van der Waals surface area contributed by atoms with Gasteiger partial charge in [-0.15, -0.1) is 0 Å². The summed E-state index contributed by atoms with van der Waals surface area (Å²) in [5.41, 5.74) is 1.66. The molecule has 1 aliphatic rings. The van der Waals surface area contributed by atoms with E-state index in [-0.39, 0.29) is 0 Å². The minimum atomic E-state index is -0.407. The summed E-state index contributed by atoms with van der Waals surface area (Å²) in [6, 6.07) is 7.71. The molecule has 0 atom stereocenters. The third-order valence-corrected chi connectivity index (χ3v) is 3.91. The molecular formula is C13H16BClN4O. The quantitative estimate of drug-likeness (QED) is 0.850. The van der Waals surface area contributed by atoms with E-state index in [1.54, 1.807) is 6.82 Å². The van der Waals surface area contributed by atoms with Gasteiger partial charge in [-0.1, -0.05) is 23.7 Å². The molecule has 0 bridgehead atoms. The second-order valence-corrected chi connectivity index (χ2v) is 5.34. The largest absolute Gasteiger partial charge is 0.437 e. The summed E-state index contributed by atoms with van der Waals surface area (Å²) < 4.78 is 0. The van der Waals surface area contributed by atoms with E-state index in [1.807, 2.05) is 29.1 Å². The van der Waals surface area contributed by atoms with Crippen LogP contribution in [0.1, 0.15) is 0 Å². The SMILES string of the molecule is CB(O)N1CCN(c2nc3ccccc3nc2Cl)CC1. The molecule has 0 spiro atoms. The normalized spacial score (nSPS) is 16.6. The monoisotopic (exact) mass is 290 g/mol. The van der Waals surface area contributed by atoms with Crippen LogP contribution < -0.4 is 4.90 Å². The number of benzene rings is 1. The van der Waals surface area contributed by atoms with Crippen LogP contribution in [0, 0.1) is 0 Å². The minimum Gasteiger partial charge on any atom is -0.437 e. The Balaban J connectivity index is 1.86. The van der Waals surface area contributed by atoms with Gasteiger partial charge < -0.3 is 14.7 Å². The minimum absolute atomic E-state index is 0.407. The highest BCUT2D eigenvalue weighted by atomic mass is 35.5. The summed E-state index contributed by atoms with van der Waals surface area (Å²) >= 11 is 6.26. The molecule has 1 fully saturated rings. The van der Waals surface area contributed by atoms with E-state index >= 15 is 0 Å². The molecule has 0 saturated carbocycles. The van der Waals surface area contributed by atoms with Gasteiger partial charge in [0.15, 0.2) is 11.0 Å². The number of rotatable bonds is 2. The lowest BCUT2D eigenvalue weighted by Crippen LogP contribution is -2.51. The first kappa shape index (κ1) is 13.6. The van der Waals surface area contributed by atoms with Gasteiger partial charge in [-0.3, -0.25) is 0 Å². The highest BCUT2D eigenvalue weighted by Gasteiger charge is 2.24. The Kier molecular flexibility index (Phi) is 3.78. The molecule has 1 aromatic carbocycles. The molecule has 1 aromatic heterocycles. The van der Waals surface area contributed by atoms with Crippen molar-refractivity contribution < 1.29 is 5.02 Å². The van der Waals surface area contributed by atoms with Gasteiger partial charge in [-0.25, -0.2) is 9.97 Å². The van der Waals surface area contributed by atoms with E-state index in [2.05, 4.69) is 14.9 Å². The Bertz CT molecular complexity index is 616. The van der Waals surface area contributed by atoms with Gasteiger partial charge in [0, 0.05) is 26.2 Å². The summed E-state index contributed by atoms with van der Waals surface area (Å²) in [5.74, 6) is 0.732. The van der Waals surface area contributed by atoms with Gasteiger partial charge >= 0.3 is 7.05 Å². The highest BCUT2D eigenvalue weighted by Crippen LogP contribution is 2.25. The summed E-state index contributed by atoms with van der Waals surface area (Å²) in [6.45, 7) is 4.96. The fourth-order valence-corrected chi connectivity index (χ4v) is 2.73. The maximum Gasteiger partial charge on any atom is 0.376 e. The molecule has 104 valence electrons. The third-order valence-electron chi connectivity index (χ3n) is 3.65. The summed E-state index contributed by atoms with van der Waals surface area (Å²) in [4.78, 5) is 13.2. The first-order valence-corrected chi connectivity index (χ1v) is 7.12. The molecule has 0 aliphatic carbocycles. The van der Waals surface area contributed by atoms with Crippen LogP contribution in [0.3, 0.4) is 0 Å². The van der Waals surface area contributed by atoms with Crippen molar-refractivity contribution in [3.05, 3.63) is 29.4 Å². The van der Waals surface area contributed by atoms with Crippen molar-refractivity contribution in [2.24, 2.45) is 0 Å². The maximum absolute atomic E-state index is 9.58. The fraction of sp³-hybridized carbons (Fsp3) is 0.385. The molecule has 3 rings (SSSR count). The van der Waals surface area contributed by atoms with Crippen LogP contribution in [0.15, 0.2) is 24.3 Å². The highest BCUT2D eigenvalue weighted by molar-refractivity contribution is 6.45. The van der Waals surface area contributed by atoms with Gasteiger partial charge in [0.2, 0.25) is 0 Å². The lowest BCUT2D eigenvalue weighted by atomic mass is 9.84. The van der Waals surface area contributed by atoms with Crippen molar-refractivity contribution in [3.63, 3.8) is 0 Å². The number of anilines is 1. The number of para-hydroxylation sites is 2. The number of nitrogens with zero attached hydrogens (tertiary/aromatic N) is 4. The first-order chi connectivity index (χ1) is 9.65. The number of piperazine rings is 1. The number of hydrogen-bond donors (Lipinski definition) is 1. The summed E-state index contributed by atoms with van der Waals surface area (Å²) in [5, 5.41) is 10.0. The molecule has 0 radical (unpaired) electrons. The van der Waals surface area contributed by atoms with Crippen LogP contribution in [0.25, 0.3) is 11.0 Å². The second kappa shape index (κ2) is 5.56. The van der Waals surface area contributed by atoms with Crippen LogP contribution in [-0.4, -0.2) is 53.0 Å². The van der Waals surface area contributed by atoms with Gasteiger partial charge in [-0.05, 0) is 19.0 Å². The average Bonchev–Trinajstić information content (AvgIpc) is 2.46. The zero-order valence-corrected chi connectivity index (χ0v) is 12.1. The maximum atomic E-state index is 9.58. The van der Waals surface area contributed by atoms with Crippen LogP contribution in [0.2, 0.25) is 12.0 Å². The predicted octanol–water partition coefficient (Wildman–Crippen LogP) is 1.52. The van der Waals surface area contributed by atoms with E-state index in [4.69, 9.17) is 11.6 Å². The number of aromatic nitrogens is 2. The molecule has 20 heavy (non-hydrogen) atoms. The lowest BCUT2D eigenvalue weighted by Gasteiger charge is -2.36. The molecule has 1 aliphatic heterocycles. The van der Waals surface area contributed by atoms with Crippen LogP contribution in [0.5, 0.6) is 0 Å². The van der Waals surface area contributed by atoms with Crippen molar-refractivity contribution in [1.82, 2.24) is 14.8 Å². The Morgan fingerprint density at radius 1 is 1.10 bits per heavy atom. The summed E-state index contributed by atoms with van der Waals surface area (Å²) in [6.07, 6.45) is 0. The Hall–Kier alpha value is -1.37. The van der Waals surface area contributed by atoms with Crippen molar-refractivity contribution in [3.8, 4) is 0 Å². The van der Waals surface area contributed by atoms with Crippen molar-refractivity contribution >= 4 is 35.5 Å². The molecule has 2 aromatic rings. The lowest BCUT2D eigenvalue weighted by molar-refractivity contribution is 0.344. The average molecular weight is 291 g/mol. The van der Waals surface area contributed by atoms with E-state index in [9.17, 15) is 5.02 Å². The predicted molar refractivity (Wildman–Crippen MR) is 82.2 cm³/mol. The molecule has 7 heteroatoms. The zero-order chi connectivity index (χ0) is 14.1. The molecular weight excluding hydrogens is 274 g/mol. The van der Waals surface area contributed by atoms with E-state index < -0.39 is 7.05 Å². The van der Waals surface area contributed by atoms with Gasteiger partial charge in [-0.2, -0.15) is 0 Å². The molecule has 2 heterocycles. The number of halogens is 1. The number of hydrogen-bond acceptors (Lipinski definition) is 5. The van der Waals surface area contributed by atoms with Crippen molar-refractivity contribution in [1.29, 1.82) is 0 Å². The van der Waals surface area contributed by atoms with E-state index in [0.29, 0.717) is 5.15 Å². The Labute approximate surface area is 123 Å². The first-order valence-electron chi connectivity index (χ1n) is 6.74. The van der Waals surface area contributed by atoms with Crippen molar-refractivity contribution in [2.45, 2.75) is 6.82 Å². The Morgan fingerprint density at radius 2 is 1.70 bits per heavy atom. The van der Waals surface area contributed by atoms with E-state index in [0.717, 1.165) is 43.0 Å². The summed E-state index contributed by atoms with van der Waals surface area (Å²) in [7, 11) is -0.407. The van der Waals surface area contributed by atoms with Crippen LogP contribution >= 0.6 is 11.6 Å². The molecule has 0 unspecified atom stereocenters. The van der Waals surface area contributed by atoms with Gasteiger partial charge in [0.1, 0.15) is 0 Å². The molecule has 5 nitrogen and oxygen atoms in total. The fourth-order valence-electron chi connectivity index (χ4n) is 2.48. The van der Waals surface area contributed by atoms with Crippen molar-refractivity contribution in [2.75, 3.05) is 31.1 Å². The van der Waals surface area contributed by atoms with Crippen LogP contribution in [0.4, 0.5) is 5.82 Å².